The molecule has 1 fully saturated rings. The van der Waals surface area contributed by atoms with Crippen molar-refractivity contribution >= 4 is 34.2 Å². The van der Waals surface area contributed by atoms with E-state index in [1.54, 1.807) is 12.1 Å². The van der Waals surface area contributed by atoms with Gasteiger partial charge in [0.05, 0.1) is 27.5 Å². The summed E-state index contributed by atoms with van der Waals surface area (Å²) in [6.45, 7) is 4.87. The van der Waals surface area contributed by atoms with E-state index in [1.807, 2.05) is 28.5 Å². The van der Waals surface area contributed by atoms with E-state index in [2.05, 4.69) is 18.4 Å². The SMILES string of the molecule is CC(C)n1c([C@@H]2CCCN2C(=O)c2cccs2)nc2cc(C(=O)O)ccc21. The number of nitrogens with zero attached hydrogens (tertiary/aromatic N) is 3. The molecule has 7 heteroatoms. The molecule has 140 valence electrons. The molecule has 3 aromatic rings. The standard InChI is InChI=1S/C20H21N3O3S/c1-12(2)23-15-8-7-13(20(25)26)11-14(15)21-18(23)16-5-3-9-22(16)19(24)17-6-4-10-27-17/h4,6-8,10-12,16H,3,5,9H2,1-2H3,(H,25,26)/t16-/m0/s1. The largest absolute Gasteiger partial charge is 0.478 e. The van der Waals surface area contributed by atoms with Gasteiger partial charge in [0.25, 0.3) is 5.91 Å². The third-order valence-electron chi connectivity index (χ3n) is 5.02. The van der Waals surface area contributed by atoms with Gasteiger partial charge < -0.3 is 14.6 Å². The van der Waals surface area contributed by atoms with Gasteiger partial charge in [0.1, 0.15) is 5.82 Å². The van der Waals surface area contributed by atoms with Gasteiger partial charge in [-0.05, 0) is 56.3 Å². The summed E-state index contributed by atoms with van der Waals surface area (Å²) in [4.78, 5) is 31.7. The molecule has 1 saturated heterocycles. The van der Waals surface area contributed by atoms with Crippen molar-refractivity contribution in [3.05, 3.63) is 52.0 Å². The van der Waals surface area contributed by atoms with Crippen molar-refractivity contribution in [3.8, 4) is 0 Å². The molecule has 0 radical (unpaired) electrons. The van der Waals surface area contributed by atoms with E-state index < -0.39 is 5.97 Å². The van der Waals surface area contributed by atoms with E-state index in [1.165, 1.54) is 11.3 Å². The molecule has 1 aliphatic heterocycles. The van der Waals surface area contributed by atoms with Crippen molar-refractivity contribution < 1.29 is 14.7 Å². The Kier molecular flexibility index (Phi) is 4.47. The maximum atomic E-state index is 13.0. The van der Waals surface area contributed by atoms with Crippen LogP contribution >= 0.6 is 11.3 Å². The Morgan fingerprint density at radius 1 is 1.30 bits per heavy atom. The van der Waals surface area contributed by atoms with Crippen LogP contribution in [0.15, 0.2) is 35.7 Å². The molecule has 3 heterocycles. The Labute approximate surface area is 161 Å². The predicted octanol–water partition coefficient (Wildman–Crippen LogP) is 4.35. The van der Waals surface area contributed by atoms with Crippen LogP contribution in [0.1, 0.15) is 64.6 Å². The second-order valence-corrected chi connectivity index (χ2v) is 8.02. The minimum atomic E-state index is -0.965. The number of carbonyl (C=O) groups excluding carboxylic acids is 1. The van der Waals surface area contributed by atoms with Crippen molar-refractivity contribution in [2.45, 2.75) is 38.8 Å². The van der Waals surface area contributed by atoms with E-state index in [4.69, 9.17) is 4.98 Å². The van der Waals surface area contributed by atoms with Crippen molar-refractivity contribution in [1.82, 2.24) is 14.5 Å². The Bertz CT molecular complexity index is 1010. The Balaban J connectivity index is 1.80. The number of carboxylic acids is 1. The fraction of sp³-hybridized carbons (Fsp3) is 0.350. The molecule has 1 atom stereocenters. The third kappa shape index (κ3) is 3.02. The first-order valence-corrected chi connectivity index (χ1v) is 9.95. The van der Waals surface area contributed by atoms with Crippen LogP contribution in [0, 0.1) is 0 Å². The Morgan fingerprint density at radius 2 is 2.11 bits per heavy atom. The van der Waals surface area contributed by atoms with Crippen LogP contribution in [0.4, 0.5) is 0 Å². The number of likely N-dealkylation sites (tertiary alicyclic amines) is 1. The zero-order valence-electron chi connectivity index (χ0n) is 15.3. The fourth-order valence-electron chi connectivity index (χ4n) is 3.85. The van der Waals surface area contributed by atoms with E-state index in [0.29, 0.717) is 12.1 Å². The van der Waals surface area contributed by atoms with Crippen LogP contribution in [0.3, 0.4) is 0 Å². The number of fused-ring (bicyclic) bond motifs is 1. The second-order valence-electron chi connectivity index (χ2n) is 7.08. The fourth-order valence-corrected chi connectivity index (χ4v) is 4.53. The average molecular weight is 383 g/mol. The van der Waals surface area contributed by atoms with Gasteiger partial charge in [0.2, 0.25) is 0 Å². The van der Waals surface area contributed by atoms with Crippen molar-refractivity contribution in [3.63, 3.8) is 0 Å². The van der Waals surface area contributed by atoms with Crippen LogP contribution in [0.2, 0.25) is 0 Å². The van der Waals surface area contributed by atoms with E-state index >= 15 is 0 Å². The monoisotopic (exact) mass is 383 g/mol. The number of aromatic carboxylic acids is 1. The minimum Gasteiger partial charge on any atom is -0.478 e. The van der Waals surface area contributed by atoms with Crippen molar-refractivity contribution in [1.29, 1.82) is 0 Å². The number of carbonyl (C=O) groups is 2. The molecule has 0 spiro atoms. The van der Waals surface area contributed by atoms with Gasteiger partial charge in [0, 0.05) is 12.6 Å². The molecule has 1 aromatic carbocycles. The number of hydrogen-bond acceptors (Lipinski definition) is 4. The van der Waals surface area contributed by atoms with Crippen LogP contribution in [0.25, 0.3) is 11.0 Å². The van der Waals surface area contributed by atoms with Gasteiger partial charge in [-0.25, -0.2) is 9.78 Å². The molecule has 0 unspecified atom stereocenters. The normalized spacial score (nSPS) is 17.1. The lowest BCUT2D eigenvalue weighted by Gasteiger charge is -2.26. The van der Waals surface area contributed by atoms with Gasteiger partial charge in [-0.15, -0.1) is 11.3 Å². The summed E-state index contributed by atoms with van der Waals surface area (Å²) in [7, 11) is 0. The molecule has 0 saturated carbocycles. The van der Waals surface area contributed by atoms with Crippen LogP contribution in [-0.2, 0) is 0 Å². The predicted molar refractivity (Wildman–Crippen MR) is 104 cm³/mol. The summed E-state index contributed by atoms with van der Waals surface area (Å²) in [5.74, 6) is -0.0843. The number of imidazole rings is 1. The number of carboxylic acid groups (broad SMARTS) is 1. The zero-order chi connectivity index (χ0) is 19.1. The lowest BCUT2D eigenvalue weighted by atomic mass is 10.2. The molecule has 2 aromatic heterocycles. The van der Waals surface area contributed by atoms with Crippen LogP contribution in [0.5, 0.6) is 0 Å². The molecule has 1 amide bonds. The van der Waals surface area contributed by atoms with E-state index in [0.717, 1.165) is 29.1 Å². The summed E-state index contributed by atoms with van der Waals surface area (Å²) in [6, 6.07) is 8.84. The maximum absolute atomic E-state index is 13.0. The summed E-state index contributed by atoms with van der Waals surface area (Å²) in [5, 5.41) is 11.2. The van der Waals surface area contributed by atoms with Gasteiger partial charge in [-0.3, -0.25) is 4.79 Å². The molecule has 1 N–H and O–H groups in total. The highest BCUT2D eigenvalue weighted by Crippen LogP contribution is 2.36. The average Bonchev–Trinajstić information content (AvgIpc) is 3.37. The molecule has 27 heavy (non-hydrogen) atoms. The highest BCUT2D eigenvalue weighted by Gasteiger charge is 2.35. The summed E-state index contributed by atoms with van der Waals surface area (Å²) < 4.78 is 2.13. The molecular weight excluding hydrogens is 362 g/mol. The van der Waals surface area contributed by atoms with Gasteiger partial charge in [-0.2, -0.15) is 0 Å². The van der Waals surface area contributed by atoms with Gasteiger partial charge >= 0.3 is 5.97 Å². The molecular formula is C20H21N3O3S. The van der Waals surface area contributed by atoms with Crippen molar-refractivity contribution in [2.75, 3.05) is 6.54 Å². The number of rotatable bonds is 4. The van der Waals surface area contributed by atoms with Crippen LogP contribution < -0.4 is 0 Å². The first kappa shape index (κ1) is 17.7. The number of thiophene rings is 1. The third-order valence-corrected chi connectivity index (χ3v) is 5.88. The van der Waals surface area contributed by atoms with Gasteiger partial charge in [0.15, 0.2) is 0 Å². The number of benzene rings is 1. The molecule has 6 nitrogen and oxygen atoms in total. The minimum absolute atomic E-state index is 0.0427. The number of hydrogen-bond donors (Lipinski definition) is 1. The smallest absolute Gasteiger partial charge is 0.335 e. The molecule has 4 rings (SSSR count). The molecule has 0 aliphatic carbocycles. The zero-order valence-corrected chi connectivity index (χ0v) is 16.1. The van der Waals surface area contributed by atoms with E-state index in [9.17, 15) is 14.7 Å². The maximum Gasteiger partial charge on any atom is 0.335 e. The number of aromatic nitrogens is 2. The van der Waals surface area contributed by atoms with Crippen LogP contribution in [-0.4, -0.2) is 38.0 Å². The van der Waals surface area contributed by atoms with Crippen molar-refractivity contribution in [2.24, 2.45) is 0 Å². The topological polar surface area (TPSA) is 75.4 Å². The first-order valence-electron chi connectivity index (χ1n) is 9.07. The number of amides is 1. The van der Waals surface area contributed by atoms with E-state index in [-0.39, 0.29) is 23.6 Å². The quantitative estimate of drug-likeness (QED) is 0.726. The first-order chi connectivity index (χ1) is 13.0. The Hall–Kier alpha value is -2.67. The Morgan fingerprint density at radius 3 is 2.78 bits per heavy atom. The summed E-state index contributed by atoms with van der Waals surface area (Å²) >= 11 is 1.45. The summed E-state index contributed by atoms with van der Waals surface area (Å²) in [6.07, 6.45) is 1.79. The lowest BCUT2D eigenvalue weighted by Crippen LogP contribution is -2.31. The second kappa shape index (κ2) is 6.81. The molecule has 0 bridgehead atoms. The highest BCUT2D eigenvalue weighted by molar-refractivity contribution is 7.12. The summed E-state index contributed by atoms with van der Waals surface area (Å²) in [5.41, 5.74) is 1.79. The molecule has 1 aliphatic rings. The lowest BCUT2D eigenvalue weighted by molar-refractivity contribution is 0.0695. The highest BCUT2D eigenvalue weighted by atomic mass is 32.1. The van der Waals surface area contributed by atoms with Gasteiger partial charge in [-0.1, -0.05) is 6.07 Å².